The van der Waals surface area contributed by atoms with Gasteiger partial charge in [0.25, 0.3) is 0 Å². The van der Waals surface area contributed by atoms with Crippen molar-refractivity contribution in [1.82, 2.24) is 0 Å². The molecule has 0 unspecified atom stereocenters. The minimum Gasteiger partial charge on any atom is -0.507 e. The Morgan fingerprint density at radius 2 is 1.73 bits per heavy atom. The predicted octanol–water partition coefficient (Wildman–Crippen LogP) is 4.21. The summed E-state index contributed by atoms with van der Waals surface area (Å²) in [5, 5.41) is 12.1. The fourth-order valence-electron chi connectivity index (χ4n) is 2.46. The Morgan fingerprint density at radius 3 is 2.59 bits per heavy atom. The Bertz CT molecular complexity index is 832. The molecule has 0 radical (unpaired) electrons. The minimum absolute atomic E-state index is 0.0228. The van der Waals surface area contributed by atoms with Crippen LogP contribution in [-0.4, -0.2) is 11.1 Å². The number of carbonyl (C=O) groups excluding carboxylic acids is 1. The Balaban J connectivity index is 1.82. The number of hydrogen-bond donors (Lipinski definition) is 1. The summed E-state index contributed by atoms with van der Waals surface area (Å²) in [5.41, 5.74) is 1.79. The highest BCUT2D eigenvalue weighted by Crippen LogP contribution is 2.24. The van der Waals surface area contributed by atoms with Crippen molar-refractivity contribution in [3.8, 4) is 5.75 Å². The summed E-state index contributed by atoms with van der Waals surface area (Å²) in [7, 11) is 0. The van der Waals surface area contributed by atoms with Crippen LogP contribution in [0.25, 0.3) is 10.8 Å². The normalized spacial score (nSPS) is 10.6. The highest BCUT2D eigenvalue weighted by atomic mass is 16.5. The molecule has 3 aromatic carbocycles. The molecule has 1 N–H and O–H groups in total. The zero-order valence-electron chi connectivity index (χ0n) is 12.2. The van der Waals surface area contributed by atoms with Crippen LogP contribution in [0.15, 0.2) is 60.7 Å². The second-order valence-electron chi connectivity index (χ2n) is 5.19. The number of phenolic OH excluding ortho intramolecular Hbond substituents is 1. The predicted molar refractivity (Wildman–Crippen MR) is 85.9 cm³/mol. The second kappa shape index (κ2) is 5.90. The highest BCUT2D eigenvalue weighted by Gasteiger charge is 2.14. The van der Waals surface area contributed by atoms with E-state index in [0.717, 1.165) is 16.3 Å². The molecule has 0 aliphatic carbocycles. The van der Waals surface area contributed by atoms with Gasteiger partial charge in [0.15, 0.2) is 0 Å². The molecule has 0 saturated carbocycles. The molecule has 0 atom stereocenters. The standard InChI is InChI=1S/C19H16O3/c1-13-6-4-11-17(18(13)20)19(21)22-12-15-9-5-8-14-7-2-3-10-16(14)15/h2-11,20H,12H2,1H3. The Hall–Kier alpha value is -2.81. The second-order valence-corrected chi connectivity index (χ2v) is 5.19. The van der Waals surface area contributed by atoms with E-state index in [0.29, 0.717) is 5.56 Å². The summed E-state index contributed by atoms with van der Waals surface area (Å²) in [6, 6.07) is 18.9. The number of phenols is 1. The third-order valence-corrected chi connectivity index (χ3v) is 3.70. The van der Waals surface area contributed by atoms with Gasteiger partial charge in [-0.05, 0) is 34.9 Å². The van der Waals surface area contributed by atoms with Crippen LogP contribution in [0, 0.1) is 6.92 Å². The van der Waals surface area contributed by atoms with E-state index in [9.17, 15) is 9.90 Å². The molecule has 110 valence electrons. The molecule has 0 bridgehead atoms. The number of benzene rings is 3. The fraction of sp³-hybridized carbons (Fsp3) is 0.105. The zero-order valence-corrected chi connectivity index (χ0v) is 12.2. The maximum Gasteiger partial charge on any atom is 0.342 e. The first kappa shape index (κ1) is 14.1. The molecule has 22 heavy (non-hydrogen) atoms. The number of aryl methyl sites for hydroxylation is 1. The summed E-state index contributed by atoms with van der Waals surface area (Å²) >= 11 is 0. The van der Waals surface area contributed by atoms with Crippen molar-refractivity contribution in [2.24, 2.45) is 0 Å². The Kier molecular flexibility index (Phi) is 3.79. The molecule has 0 aliphatic rings. The van der Waals surface area contributed by atoms with Crippen LogP contribution >= 0.6 is 0 Å². The molecule has 0 fully saturated rings. The molecule has 3 aromatic rings. The maximum atomic E-state index is 12.1. The van der Waals surface area contributed by atoms with E-state index in [2.05, 4.69) is 0 Å². The molecule has 0 amide bonds. The first-order valence-corrected chi connectivity index (χ1v) is 7.09. The number of esters is 1. The van der Waals surface area contributed by atoms with Crippen molar-refractivity contribution in [1.29, 1.82) is 0 Å². The highest BCUT2D eigenvalue weighted by molar-refractivity contribution is 5.93. The lowest BCUT2D eigenvalue weighted by atomic mass is 10.1. The number of rotatable bonds is 3. The molecular formula is C19H16O3. The van der Waals surface area contributed by atoms with Crippen LogP contribution in [0.5, 0.6) is 5.75 Å². The van der Waals surface area contributed by atoms with Gasteiger partial charge in [-0.15, -0.1) is 0 Å². The van der Waals surface area contributed by atoms with Crippen LogP contribution in [-0.2, 0) is 11.3 Å². The number of para-hydroxylation sites is 1. The molecule has 0 aliphatic heterocycles. The van der Waals surface area contributed by atoms with E-state index in [1.54, 1.807) is 25.1 Å². The Labute approximate surface area is 128 Å². The molecule has 3 nitrogen and oxygen atoms in total. The van der Waals surface area contributed by atoms with E-state index in [4.69, 9.17) is 4.74 Å². The van der Waals surface area contributed by atoms with Gasteiger partial charge in [0.1, 0.15) is 17.9 Å². The van der Waals surface area contributed by atoms with E-state index >= 15 is 0 Å². The van der Waals surface area contributed by atoms with Crippen molar-refractivity contribution >= 4 is 16.7 Å². The van der Waals surface area contributed by atoms with Gasteiger partial charge in [0.05, 0.1) is 0 Å². The zero-order chi connectivity index (χ0) is 15.5. The number of hydrogen-bond acceptors (Lipinski definition) is 3. The smallest absolute Gasteiger partial charge is 0.342 e. The van der Waals surface area contributed by atoms with Gasteiger partial charge in [-0.3, -0.25) is 0 Å². The topological polar surface area (TPSA) is 46.5 Å². The summed E-state index contributed by atoms with van der Waals surface area (Å²) in [6.07, 6.45) is 0. The third kappa shape index (κ3) is 2.66. The largest absolute Gasteiger partial charge is 0.507 e. The lowest BCUT2D eigenvalue weighted by molar-refractivity contribution is 0.0471. The number of ether oxygens (including phenoxy) is 1. The number of aromatic hydroxyl groups is 1. The number of fused-ring (bicyclic) bond motifs is 1. The lowest BCUT2D eigenvalue weighted by Crippen LogP contribution is -2.06. The SMILES string of the molecule is Cc1cccc(C(=O)OCc2cccc3ccccc23)c1O. The summed E-state index contributed by atoms with van der Waals surface area (Å²) in [4.78, 5) is 12.1. The summed E-state index contributed by atoms with van der Waals surface area (Å²) in [5.74, 6) is -0.542. The first-order valence-electron chi connectivity index (χ1n) is 7.09. The van der Waals surface area contributed by atoms with Gasteiger partial charge < -0.3 is 9.84 Å². The lowest BCUT2D eigenvalue weighted by Gasteiger charge is -2.09. The molecule has 3 rings (SSSR count). The van der Waals surface area contributed by atoms with E-state index in [1.807, 2.05) is 42.5 Å². The average molecular weight is 292 g/mol. The van der Waals surface area contributed by atoms with Gasteiger partial charge in [-0.2, -0.15) is 0 Å². The van der Waals surface area contributed by atoms with Crippen molar-refractivity contribution in [2.45, 2.75) is 13.5 Å². The van der Waals surface area contributed by atoms with Gasteiger partial charge in [-0.25, -0.2) is 4.79 Å². The molecule has 0 spiro atoms. The molecule has 0 saturated heterocycles. The fourth-order valence-corrected chi connectivity index (χ4v) is 2.46. The van der Waals surface area contributed by atoms with Crippen molar-refractivity contribution in [3.63, 3.8) is 0 Å². The van der Waals surface area contributed by atoms with Crippen LogP contribution in [0.1, 0.15) is 21.5 Å². The third-order valence-electron chi connectivity index (χ3n) is 3.70. The quantitative estimate of drug-likeness (QED) is 0.735. The van der Waals surface area contributed by atoms with Crippen LogP contribution in [0.4, 0.5) is 0 Å². The minimum atomic E-state index is -0.519. The molecule has 0 aromatic heterocycles. The summed E-state index contributed by atoms with van der Waals surface area (Å²) in [6.45, 7) is 1.92. The Morgan fingerprint density at radius 1 is 1.00 bits per heavy atom. The van der Waals surface area contributed by atoms with Gasteiger partial charge in [0, 0.05) is 0 Å². The summed E-state index contributed by atoms with van der Waals surface area (Å²) < 4.78 is 5.36. The van der Waals surface area contributed by atoms with Crippen molar-refractivity contribution in [3.05, 3.63) is 77.4 Å². The van der Waals surface area contributed by atoms with Crippen molar-refractivity contribution < 1.29 is 14.6 Å². The number of carbonyl (C=O) groups is 1. The van der Waals surface area contributed by atoms with E-state index in [1.165, 1.54) is 0 Å². The molecule has 3 heteroatoms. The van der Waals surface area contributed by atoms with Crippen LogP contribution in [0.2, 0.25) is 0 Å². The van der Waals surface area contributed by atoms with Gasteiger partial charge in [0.2, 0.25) is 0 Å². The van der Waals surface area contributed by atoms with Gasteiger partial charge in [-0.1, -0.05) is 54.6 Å². The van der Waals surface area contributed by atoms with Gasteiger partial charge >= 0.3 is 5.97 Å². The first-order chi connectivity index (χ1) is 10.7. The van der Waals surface area contributed by atoms with E-state index < -0.39 is 5.97 Å². The van der Waals surface area contributed by atoms with Crippen LogP contribution < -0.4 is 0 Å². The van der Waals surface area contributed by atoms with E-state index in [-0.39, 0.29) is 17.9 Å². The monoisotopic (exact) mass is 292 g/mol. The maximum absolute atomic E-state index is 12.1. The molecular weight excluding hydrogens is 276 g/mol. The average Bonchev–Trinajstić information content (AvgIpc) is 2.55. The molecule has 0 heterocycles. The van der Waals surface area contributed by atoms with Crippen molar-refractivity contribution in [2.75, 3.05) is 0 Å². The van der Waals surface area contributed by atoms with Crippen LogP contribution in [0.3, 0.4) is 0 Å².